The molecule has 0 aliphatic carbocycles. The van der Waals surface area contributed by atoms with Crippen LogP contribution in [0.4, 0.5) is 0 Å². The summed E-state index contributed by atoms with van der Waals surface area (Å²) < 4.78 is 45.0. The van der Waals surface area contributed by atoms with Crippen LogP contribution in [0.25, 0.3) is 0 Å². The Kier molecular flexibility index (Phi) is 17.9. The van der Waals surface area contributed by atoms with Crippen LogP contribution in [0.2, 0.25) is 0 Å². The summed E-state index contributed by atoms with van der Waals surface area (Å²) in [5, 5.41) is 11.1. The summed E-state index contributed by atoms with van der Waals surface area (Å²) in [7, 11) is 0. The van der Waals surface area contributed by atoms with Gasteiger partial charge < -0.3 is 57.9 Å². The molecule has 4 heterocycles. The topological polar surface area (TPSA) is 206 Å². The van der Waals surface area contributed by atoms with E-state index in [0.717, 1.165) is 0 Å². The molecule has 4 aromatic heterocycles. The second-order valence-corrected chi connectivity index (χ2v) is 12.1. The molecule has 4 amide bonds. The van der Waals surface area contributed by atoms with E-state index >= 15 is 0 Å². The lowest BCUT2D eigenvalue weighted by Crippen LogP contribution is -2.43. The second kappa shape index (κ2) is 23.4. The number of carbonyl (C=O) groups is 4. The Morgan fingerprint density at radius 2 is 0.679 bits per heavy atom. The second-order valence-electron chi connectivity index (χ2n) is 12.1. The zero-order chi connectivity index (χ0) is 37.4. The van der Waals surface area contributed by atoms with Gasteiger partial charge in [0.15, 0.2) is 0 Å². The van der Waals surface area contributed by atoms with Crippen molar-refractivity contribution in [2.24, 2.45) is 5.41 Å². The molecule has 0 aromatic carbocycles. The molecule has 16 heteroatoms. The summed E-state index contributed by atoms with van der Waals surface area (Å²) in [6.07, 6.45) is 6.47. The third kappa shape index (κ3) is 16.8. The summed E-state index contributed by atoms with van der Waals surface area (Å²) in [5.41, 5.74) is -0.926. The standard InChI is InChI=1S/C37H48N4O12/c42-33(38-21-29-5-1-13-50-29)9-17-46-25-37(26-47-18-10-34(43)39-22-30-6-2-14-51-30,27-48-19-11-35(44)40-23-31-7-3-15-52-31)28-49-20-12-36(45)41-24-32-8-4-16-53-32/h1-8,13-16H,9-12,17-28H2,(H,38,42)(H,39,43)(H,40,44)(H,41,45). The third-order valence-electron chi connectivity index (χ3n) is 7.69. The molecule has 0 unspecified atom stereocenters. The molecule has 4 N–H and O–H groups in total. The van der Waals surface area contributed by atoms with Crippen LogP contribution in [0.5, 0.6) is 0 Å². The van der Waals surface area contributed by atoms with Gasteiger partial charge in [0.25, 0.3) is 0 Å². The fourth-order valence-electron chi connectivity index (χ4n) is 4.81. The quantitative estimate of drug-likeness (QED) is 0.0620. The minimum Gasteiger partial charge on any atom is -0.467 e. The number of rotatable bonds is 28. The Morgan fingerprint density at radius 3 is 0.887 bits per heavy atom. The molecule has 16 nitrogen and oxygen atoms in total. The molecule has 0 fully saturated rings. The van der Waals surface area contributed by atoms with Crippen LogP contribution in [-0.2, 0) is 64.3 Å². The molecular formula is C37H48N4O12. The number of hydrogen-bond donors (Lipinski definition) is 4. The zero-order valence-electron chi connectivity index (χ0n) is 29.6. The van der Waals surface area contributed by atoms with Crippen molar-refractivity contribution in [3.63, 3.8) is 0 Å². The van der Waals surface area contributed by atoms with Crippen LogP contribution >= 0.6 is 0 Å². The molecule has 0 aliphatic heterocycles. The van der Waals surface area contributed by atoms with E-state index in [1.165, 1.54) is 25.1 Å². The highest BCUT2D eigenvalue weighted by atomic mass is 16.5. The van der Waals surface area contributed by atoms with E-state index < -0.39 is 5.41 Å². The number of furan rings is 4. The maximum Gasteiger partial charge on any atom is 0.222 e. The first-order valence-electron chi connectivity index (χ1n) is 17.4. The van der Waals surface area contributed by atoms with Crippen LogP contribution in [0, 0.1) is 5.41 Å². The smallest absolute Gasteiger partial charge is 0.222 e. The summed E-state index contributed by atoms with van der Waals surface area (Å²) in [4.78, 5) is 49.7. The predicted octanol–water partition coefficient (Wildman–Crippen LogP) is 3.24. The minimum atomic E-state index is -0.926. The fourth-order valence-corrected chi connectivity index (χ4v) is 4.81. The summed E-state index contributed by atoms with van der Waals surface area (Å²) >= 11 is 0. The van der Waals surface area contributed by atoms with Gasteiger partial charge >= 0.3 is 0 Å². The van der Waals surface area contributed by atoms with Gasteiger partial charge in [-0.05, 0) is 48.5 Å². The molecule has 4 aromatic rings. The molecule has 0 saturated heterocycles. The van der Waals surface area contributed by atoms with E-state index in [1.807, 2.05) is 0 Å². The number of carbonyl (C=O) groups excluding carboxylic acids is 4. The molecule has 288 valence electrons. The molecule has 0 saturated carbocycles. The average Bonchev–Trinajstić information content (AvgIpc) is 4.01. The number of ether oxygens (including phenoxy) is 4. The predicted molar refractivity (Wildman–Crippen MR) is 186 cm³/mol. The zero-order valence-corrected chi connectivity index (χ0v) is 29.6. The third-order valence-corrected chi connectivity index (χ3v) is 7.69. The highest BCUT2D eigenvalue weighted by Gasteiger charge is 2.33. The Hall–Kier alpha value is -5.16. The van der Waals surface area contributed by atoms with Gasteiger partial charge in [-0.15, -0.1) is 0 Å². The Bertz CT molecular complexity index is 1330. The summed E-state index contributed by atoms with van der Waals surface area (Å²) in [6.45, 7) is 1.59. The van der Waals surface area contributed by atoms with Gasteiger partial charge in [0.05, 0.1) is 110 Å². The Balaban J connectivity index is 1.30. The highest BCUT2D eigenvalue weighted by Crippen LogP contribution is 2.22. The molecule has 0 spiro atoms. The van der Waals surface area contributed by atoms with Crippen LogP contribution in [0.3, 0.4) is 0 Å². The van der Waals surface area contributed by atoms with Crippen molar-refractivity contribution in [1.29, 1.82) is 0 Å². The van der Waals surface area contributed by atoms with Crippen molar-refractivity contribution in [3.8, 4) is 0 Å². The maximum atomic E-state index is 12.4. The van der Waals surface area contributed by atoms with Gasteiger partial charge in [0.1, 0.15) is 23.0 Å². The first kappa shape index (κ1) is 40.6. The largest absolute Gasteiger partial charge is 0.467 e. The minimum absolute atomic E-state index is 0.0541. The number of nitrogens with one attached hydrogen (secondary N) is 4. The number of hydrogen-bond acceptors (Lipinski definition) is 12. The molecule has 53 heavy (non-hydrogen) atoms. The van der Waals surface area contributed by atoms with E-state index in [9.17, 15) is 19.2 Å². The van der Waals surface area contributed by atoms with Crippen molar-refractivity contribution >= 4 is 23.6 Å². The van der Waals surface area contributed by atoms with Crippen LogP contribution in [0.1, 0.15) is 48.7 Å². The lowest BCUT2D eigenvalue weighted by atomic mass is 9.92. The van der Waals surface area contributed by atoms with Crippen molar-refractivity contribution in [1.82, 2.24) is 21.3 Å². The van der Waals surface area contributed by atoms with Gasteiger partial charge in [-0.3, -0.25) is 19.2 Å². The maximum absolute atomic E-state index is 12.4. The van der Waals surface area contributed by atoms with E-state index in [-0.39, 0.29) is 128 Å². The van der Waals surface area contributed by atoms with E-state index in [0.29, 0.717) is 23.0 Å². The van der Waals surface area contributed by atoms with Gasteiger partial charge in [-0.25, -0.2) is 0 Å². The van der Waals surface area contributed by atoms with Crippen LogP contribution in [0.15, 0.2) is 91.3 Å². The van der Waals surface area contributed by atoms with Crippen molar-refractivity contribution < 1.29 is 55.8 Å². The summed E-state index contributed by atoms with van der Waals surface area (Å²) in [5.74, 6) is 1.62. The van der Waals surface area contributed by atoms with E-state index in [4.69, 9.17) is 36.6 Å². The summed E-state index contributed by atoms with van der Waals surface area (Å²) in [6, 6.07) is 14.0. The highest BCUT2D eigenvalue weighted by molar-refractivity contribution is 5.77. The van der Waals surface area contributed by atoms with Gasteiger partial charge in [-0.1, -0.05) is 0 Å². The SMILES string of the molecule is O=C(CCOCC(COCCC(=O)NCc1ccco1)(COCCC(=O)NCc1ccco1)COCCC(=O)NCc1ccco1)NCc1ccco1. The van der Waals surface area contributed by atoms with Gasteiger partial charge in [0.2, 0.25) is 23.6 Å². The van der Waals surface area contributed by atoms with Crippen molar-refractivity contribution in [2.75, 3.05) is 52.9 Å². The van der Waals surface area contributed by atoms with Crippen LogP contribution in [-0.4, -0.2) is 76.5 Å². The molecule has 0 bridgehead atoms. The van der Waals surface area contributed by atoms with E-state index in [2.05, 4.69) is 21.3 Å². The van der Waals surface area contributed by atoms with Gasteiger partial charge in [-0.2, -0.15) is 0 Å². The van der Waals surface area contributed by atoms with E-state index in [1.54, 1.807) is 48.5 Å². The normalized spacial score (nSPS) is 11.3. The van der Waals surface area contributed by atoms with Crippen LogP contribution < -0.4 is 21.3 Å². The van der Waals surface area contributed by atoms with Gasteiger partial charge in [0, 0.05) is 25.7 Å². The molecular weight excluding hydrogens is 692 g/mol. The van der Waals surface area contributed by atoms with Crippen molar-refractivity contribution in [3.05, 3.63) is 96.6 Å². The lowest BCUT2D eigenvalue weighted by molar-refractivity contribution is -0.129. The Morgan fingerprint density at radius 1 is 0.434 bits per heavy atom. The molecule has 0 atom stereocenters. The fraction of sp³-hybridized carbons (Fsp3) is 0.459. The molecule has 0 aliphatic rings. The molecule has 0 radical (unpaired) electrons. The monoisotopic (exact) mass is 740 g/mol. The number of amides is 4. The average molecular weight is 741 g/mol. The molecule has 4 rings (SSSR count). The lowest BCUT2D eigenvalue weighted by Gasteiger charge is -2.33. The first-order chi connectivity index (χ1) is 25.9. The Labute approximate surface area is 307 Å². The van der Waals surface area contributed by atoms with Crippen molar-refractivity contribution in [2.45, 2.75) is 51.9 Å². The first-order valence-corrected chi connectivity index (χ1v) is 17.4.